The maximum Gasteiger partial charge on any atom is 0.243 e. The number of hydrogen-bond acceptors (Lipinski definition) is 5. The maximum atomic E-state index is 11.6. The van der Waals surface area contributed by atoms with Crippen LogP contribution < -0.4 is 10.1 Å². The highest BCUT2D eigenvalue weighted by molar-refractivity contribution is 5.90. The predicted octanol–water partition coefficient (Wildman–Crippen LogP) is 5.07. The van der Waals surface area contributed by atoms with E-state index in [2.05, 4.69) is 21.9 Å². The fourth-order valence-electron chi connectivity index (χ4n) is 4.38. The highest BCUT2D eigenvalue weighted by Crippen LogP contribution is 2.34. The summed E-state index contributed by atoms with van der Waals surface area (Å²) in [6.07, 6.45) is 8.36. The van der Waals surface area contributed by atoms with Crippen molar-refractivity contribution < 1.29 is 9.53 Å². The van der Waals surface area contributed by atoms with E-state index < -0.39 is 0 Å². The zero-order chi connectivity index (χ0) is 22.6. The number of carbonyl (C=O) groups excluding carboxylic acids is 1. The first kappa shape index (κ1) is 20.9. The molecule has 0 aliphatic heterocycles. The Morgan fingerprint density at radius 1 is 1.03 bits per heavy atom. The molecule has 1 amide bonds. The van der Waals surface area contributed by atoms with Crippen molar-refractivity contribution in [3.63, 3.8) is 0 Å². The van der Waals surface area contributed by atoms with Gasteiger partial charge in [-0.25, -0.2) is 14.6 Å². The standard InChI is InChI=1S/C26H25N5O2/c1-2-24(32)29-19-10-12-20(13-11-19)31-26-23(16-27-17-28-26)25(30-31)18-8-14-22(15-9-18)33-21-6-4-3-5-7-21/h2-9,14-17,19-20H,1,10-13H2,(H,29,32)/t19-,20-. The average Bonchev–Trinajstić information content (AvgIpc) is 3.25. The summed E-state index contributed by atoms with van der Waals surface area (Å²) in [6, 6.07) is 18.0. The Balaban J connectivity index is 1.38. The number of aromatic nitrogens is 4. The lowest BCUT2D eigenvalue weighted by Crippen LogP contribution is -2.37. The molecule has 2 aromatic carbocycles. The van der Waals surface area contributed by atoms with Gasteiger partial charge >= 0.3 is 0 Å². The largest absolute Gasteiger partial charge is 0.457 e. The summed E-state index contributed by atoms with van der Waals surface area (Å²) in [5.74, 6) is 1.45. The summed E-state index contributed by atoms with van der Waals surface area (Å²) in [4.78, 5) is 20.4. The molecule has 0 spiro atoms. The second-order valence-corrected chi connectivity index (χ2v) is 8.21. The molecule has 7 nitrogen and oxygen atoms in total. The summed E-state index contributed by atoms with van der Waals surface area (Å²) < 4.78 is 7.95. The first-order valence-electron chi connectivity index (χ1n) is 11.2. The van der Waals surface area contributed by atoms with E-state index >= 15 is 0 Å². The second-order valence-electron chi connectivity index (χ2n) is 8.21. The molecule has 2 aromatic heterocycles. The molecule has 5 rings (SSSR count). The second kappa shape index (κ2) is 9.24. The van der Waals surface area contributed by atoms with Gasteiger partial charge in [-0.05, 0) is 68.2 Å². The molecule has 4 aromatic rings. The summed E-state index contributed by atoms with van der Waals surface area (Å²) >= 11 is 0. The third kappa shape index (κ3) is 4.48. The van der Waals surface area contributed by atoms with E-state index in [1.807, 2.05) is 65.5 Å². The van der Waals surface area contributed by atoms with Crippen molar-refractivity contribution >= 4 is 16.9 Å². The van der Waals surface area contributed by atoms with Crippen LogP contribution in [0, 0.1) is 0 Å². The first-order valence-corrected chi connectivity index (χ1v) is 11.2. The van der Waals surface area contributed by atoms with E-state index in [1.165, 1.54) is 6.08 Å². The van der Waals surface area contributed by atoms with Gasteiger partial charge in [0, 0.05) is 17.8 Å². The number of fused-ring (bicyclic) bond motifs is 1. The van der Waals surface area contributed by atoms with Gasteiger partial charge in [0.1, 0.15) is 23.5 Å². The maximum absolute atomic E-state index is 11.6. The third-order valence-electron chi connectivity index (χ3n) is 6.05. The van der Waals surface area contributed by atoms with Crippen molar-refractivity contribution in [2.24, 2.45) is 0 Å². The minimum Gasteiger partial charge on any atom is -0.457 e. The van der Waals surface area contributed by atoms with Crippen LogP contribution in [0.25, 0.3) is 22.3 Å². The minimum absolute atomic E-state index is 0.113. The Morgan fingerprint density at radius 3 is 2.48 bits per heavy atom. The molecule has 1 saturated carbocycles. The highest BCUT2D eigenvalue weighted by atomic mass is 16.5. The predicted molar refractivity (Wildman–Crippen MR) is 127 cm³/mol. The van der Waals surface area contributed by atoms with Crippen molar-refractivity contribution in [1.29, 1.82) is 0 Å². The van der Waals surface area contributed by atoms with Crippen LogP contribution in [0.4, 0.5) is 0 Å². The van der Waals surface area contributed by atoms with E-state index in [-0.39, 0.29) is 18.0 Å². The number of nitrogens with zero attached hydrogens (tertiary/aromatic N) is 4. The Morgan fingerprint density at radius 2 is 1.76 bits per heavy atom. The average molecular weight is 440 g/mol. The lowest BCUT2D eigenvalue weighted by molar-refractivity contribution is -0.117. The Labute approximate surface area is 192 Å². The fourth-order valence-corrected chi connectivity index (χ4v) is 4.38. The van der Waals surface area contributed by atoms with Crippen LogP contribution in [0.15, 0.2) is 79.8 Å². The molecule has 0 unspecified atom stereocenters. The SMILES string of the molecule is C=CC(=O)N[C@H]1CC[C@H](n2nc(-c3ccc(Oc4ccccc4)cc3)c3cncnc32)CC1. The van der Waals surface area contributed by atoms with Crippen molar-refractivity contribution in [2.75, 3.05) is 0 Å². The quantitative estimate of drug-likeness (QED) is 0.424. The normalized spacial score (nSPS) is 18.1. The number of benzene rings is 2. The van der Waals surface area contributed by atoms with E-state index in [9.17, 15) is 4.79 Å². The van der Waals surface area contributed by atoms with Crippen LogP contribution in [0.5, 0.6) is 11.5 Å². The summed E-state index contributed by atoms with van der Waals surface area (Å²) in [6.45, 7) is 3.53. The minimum atomic E-state index is -0.113. The van der Waals surface area contributed by atoms with Gasteiger partial charge in [-0.1, -0.05) is 24.8 Å². The molecule has 0 atom stereocenters. The van der Waals surface area contributed by atoms with Crippen LogP contribution in [0.3, 0.4) is 0 Å². The lowest BCUT2D eigenvalue weighted by atomic mass is 9.91. The van der Waals surface area contributed by atoms with Gasteiger partial charge in [0.25, 0.3) is 0 Å². The van der Waals surface area contributed by atoms with Gasteiger partial charge in [-0.3, -0.25) is 4.79 Å². The van der Waals surface area contributed by atoms with Crippen molar-refractivity contribution in [3.8, 4) is 22.8 Å². The molecule has 0 radical (unpaired) electrons. The van der Waals surface area contributed by atoms with Gasteiger partial charge in [0.05, 0.1) is 11.4 Å². The van der Waals surface area contributed by atoms with E-state index in [4.69, 9.17) is 9.84 Å². The third-order valence-corrected chi connectivity index (χ3v) is 6.05. The Bertz CT molecular complexity index is 1260. The molecule has 1 fully saturated rings. The molecule has 7 heteroatoms. The summed E-state index contributed by atoms with van der Waals surface area (Å²) in [5.41, 5.74) is 2.68. The molecule has 33 heavy (non-hydrogen) atoms. The van der Waals surface area contributed by atoms with Crippen molar-refractivity contribution in [2.45, 2.75) is 37.8 Å². The molecule has 0 bridgehead atoms. The smallest absolute Gasteiger partial charge is 0.243 e. The number of hydrogen-bond donors (Lipinski definition) is 1. The van der Waals surface area contributed by atoms with Gasteiger partial charge in [0.15, 0.2) is 5.65 Å². The van der Waals surface area contributed by atoms with E-state index in [0.29, 0.717) is 0 Å². The molecule has 2 heterocycles. The lowest BCUT2D eigenvalue weighted by Gasteiger charge is -2.29. The first-order chi connectivity index (χ1) is 16.2. The van der Waals surface area contributed by atoms with Crippen LogP contribution >= 0.6 is 0 Å². The molecule has 1 aliphatic rings. The van der Waals surface area contributed by atoms with Gasteiger partial charge in [-0.15, -0.1) is 0 Å². The van der Waals surface area contributed by atoms with Crippen LogP contribution in [0.2, 0.25) is 0 Å². The van der Waals surface area contributed by atoms with E-state index in [0.717, 1.165) is 59.5 Å². The van der Waals surface area contributed by atoms with Crippen LogP contribution in [0.1, 0.15) is 31.7 Å². The zero-order valence-electron chi connectivity index (χ0n) is 18.2. The Hall–Kier alpha value is -4.00. The van der Waals surface area contributed by atoms with Crippen LogP contribution in [-0.4, -0.2) is 31.7 Å². The monoisotopic (exact) mass is 439 g/mol. The number of nitrogens with one attached hydrogen (secondary N) is 1. The number of ether oxygens (including phenoxy) is 1. The van der Waals surface area contributed by atoms with Gasteiger partial charge in [-0.2, -0.15) is 5.10 Å². The Kier molecular flexibility index (Phi) is 5.85. The fraction of sp³-hybridized carbons (Fsp3) is 0.231. The van der Waals surface area contributed by atoms with Gasteiger partial charge in [0.2, 0.25) is 5.91 Å². The van der Waals surface area contributed by atoms with E-state index in [1.54, 1.807) is 6.33 Å². The number of rotatable bonds is 6. The van der Waals surface area contributed by atoms with Crippen molar-refractivity contribution in [1.82, 2.24) is 25.1 Å². The zero-order valence-corrected chi connectivity index (χ0v) is 18.2. The number of amides is 1. The molecule has 1 N–H and O–H groups in total. The summed E-state index contributed by atoms with van der Waals surface area (Å²) in [5, 5.41) is 8.90. The summed E-state index contributed by atoms with van der Waals surface area (Å²) in [7, 11) is 0. The highest BCUT2D eigenvalue weighted by Gasteiger charge is 2.26. The molecular weight excluding hydrogens is 414 g/mol. The number of para-hydroxylation sites is 1. The van der Waals surface area contributed by atoms with Gasteiger partial charge < -0.3 is 10.1 Å². The molecular formula is C26H25N5O2. The molecule has 1 aliphatic carbocycles. The van der Waals surface area contributed by atoms with Crippen molar-refractivity contribution in [3.05, 3.63) is 79.8 Å². The molecule has 0 saturated heterocycles. The number of carbonyl (C=O) groups is 1. The molecule has 166 valence electrons. The van der Waals surface area contributed by atoms with Crippen LogP contribution in [-0.2, 0) is 4.79 Å². The topological polar surface area (TPSA) is 81.9 Å².